The fourth-order valence-corrected chi connectivity index (χ4v) is 2.15. The summed E-state index contributed by atoms with van der Waals surface area (Å²) in [6.45, 7) is 5.45. The van der Waals surface area contributed by atoms with Crippen molar-refractivity contribution < 1.29 is 9.15 Å². The Kier molecular flexibility index (Phi) is 3.07. The van der Waals surface area contributed by atoms with Crippen LogP contribution in [0.2, 0.25) is 0 Å². The lowest BCUT2D eigenvalue weighted by atomic mass is 10.1. The lowest BCUT2D eigenvalue weighted by molar-refractivity contribution is 0.121. The topological polar surface area (TPSA) is 25.6 Å². The zero-order chi connectivity index (χ0) is 12.4. The largest absolute Gasteiger partial charge is 0.441 e. The molecular weight excluding hydrogens is 226 g/mol. The summed E-state index contributed by atoms with van der Waals surface area (Å²) in [5, 5.41) is 0. The number of nitrogens with zero attached hydrogens (tertiary/aromatic N) is 1. The van der Waals surface area contributed by atoms with Crippen molar-refractivity contribution in [1.29, 1.82) is 0 Å². The summed E-state index contributed by atoms with van der Waals surface area (Å²) in [6.07, 6.45) is 0. The molecule has 3 nitrogen and oxygen atoms in total. The molecule has 1 aromatic carbocycles. The molecule has 0 saturated carbocycles. The van der Waals surface area contributed by atoms with Crippen molar-refractivity contribution in [3.63, 3.8) is 0 Å². The molecule has 0 unspecified atom stereocenters. The zero-order valence-electron chi connectivity index (χ0n) is 10.6. The van der Waals surface area contributed by atoms with Gasteiger partial charge in [0.15, 0.2) is 5.88 Å². The van der Waals surface area contributed by atoms with Gasteiger partial charge in [-0.25, -0.2) is 0 Å². The molecule has 1 fully saturated rings. The highest BCUT2D eigenvalue weighted by Gasteiger charge is 2.14. The third kappa shape index (κ3) is 2.27. The Morgan fingerprint density at radius 1 is 0.944 bits per heavy atom. The van der Waals surface area contributed by atoms with Gasteiger partial charge in [-0.15, -0.1) is 0 Å². The Hall–Kier alpha value is -1.74. The van der Waals surface area contributed by atoms with Crippen molar-refractivity contribution in [3.05, 3.63) is 42.0 Å². The second kappa shape index (κ2) is 4.86. The number of aryl methyl sites for hydroxylation is 1. The average molecular weight is 243 g/mol. The monoisotopic (exact) mass is 243 g/mol. The van der Waals surface area contributed by atoms with E-state index in [0.29, 0.717) is 0 Å². The lowest BCUT2D eigenvalue weighted by Gasteiger charge is -2.26. The van der Waals surface area contributed by atoms with Gasteiger partial charge in [0.25, 0.3) is 0 Å². The van der Waals surface area contributed by atoms with Gasteiger partial charge in [0, 0.05) is 24.7 Å². The molecule has 0 N–H and O–H groups in total. The van der Waals surface area contributed by atoms with Gasteiger partial charge >= 0.3 is 0 Å². The van der Waals surface area contributed by atoms with E-state index in [2.05, 4.69) is 36.1 Å². The molecule has 2 heterocycles. The normalized spacial score (nSPS) is 15.9. The van der Waals surface area contributed by atoms with Gasteiger partial charge in [0.1, 0.15) is 5.76 Å². The fraction of sp³-hybridized carbons (Fsp3) is 0.333. The third-order valence-corrected chi connectivity index (χ3v) is 3.25. The number of hydrogen-bond donors (Lipinski definition) is 0. The van der Waals surface area contributed by atoms with Crippen LogP contribution in [0.25, 0.3) is 11.3 Å². The molecular formula is C15H17NO2. The SMILES string of the molecule is Cc1ccc(-c2ccc(N3CCOCC3)o2)cc1. The molecule has 1 aliphatic rings. The number of anilines is 1. The van der Waals surface area contributed by atoms with E-state index in [1.165, 1.54) is 5.56 Å². The summed E-state index contributed by atoms with van der Waals surface area (Å²) in [7, 11) is 0. The Bertz CT molecular complexity index is 510. The summed E-state index contributed by atoms with van der Waals surface area (Å²) in [4.78, 5) is 2.22. The maximum absolute atomic E-state index is 5.92. The second-order valence-electron chi connectivity index (χ2n) is 4.60. The summed E-state index contributed by atoms with van der Waals surface area (Å²) < 4.78 is 11.3. The van der Waals surface area contributed by atoms with E-state index in [1.807, 2.05) is 12.1 Å². The number of morpholine rings is 1. The Morgan fingerprint density at radius 2 is 1.67 bits per heavy atom. The van der Waals surface area contributed by atoms with Gasteiger partial charge in [0.05, 0.1) is 13.2 Å². The molecule has 1 aromatic heterocycles. The average Bonchev–Trinajstić information content (AvgIpc) is 2.90. The Balaban J connectivity index is 1.82. The van der Waals surface area contributed by atoms with E-state index in [-0.39, 0.29) is 0 Å². The quantitative estimate of drug-likeness (QED) is 0.810. The predicted molar refractivity (Wildman–Crippen MR) is 71.9 cm³/mol. The molecule has 0 atom stereocenters. The number of rotatable bonds is 2. The molecule has 2 aromatic rings. The van der Waals surface area contributed by atoms with Crippen molar-refractivity contribution in [2.24, 2.45) is 0 Å². The van der Waals surface area contributed by atoms with E-state index < -0.39 is 0 Å². The molecule has 94 valence electrons. The van der Waals surface area contributed by atoms with Gasteiger partial charge in [-0.3, -0.25) is 0 Å². The minimum absolute atomic E-state index is 0.778. The highest BCUT2D eigenvalue weighted by Crippen LogP contribution is 2.27. The van der Waals surface area contributed by atoms with Gasteiger partial charge in [0.2, 0.25) is 0 Å². The predicted octanol–water partition coefficient (Wildman–Crippen LogP) is 3.09. The third-order valence-electron chi connectivity index (χ3n) is 3.25. The number of ether oxygens (including phenoxy) is 1. The van der Waals surface area contributed by atoms with Gasteiger partial charge in [-0.2, -0.15) is 0 Å². The fourth-order valence-electron chi connectivity index (χ4n) is 2.15. The summed E-state index contributed by atoms with van der Waals surface area (Å²) in [5.41, 5.74) is 2.39. The van der Waals surface area contributed by atoms with Crippen LogP contribution in [0.3, 0.4) is 0 Å². The molecule has 0 amide bonds. The maximum atomic E-state index is 5.92. The number of furan rings is 1. The molecule has 18 heavy (non-hydrogen) atoms. The first-order chi connectivity index (χ1) is 8.83. The molecule has 0 aliphatic carbocycles. The molecule has 1 aliphatic heterocycles. The van der Waals surface area contributed by atoms with E-state index in [1.54, 1.807) is 0 Å². The Morgan fingerprint density at radius 3 is 2.39 bits per heavy atom. The van der Waals surface area contributed by atoms with Gasteiger partial charge in [-0.05, 0) is 13.0 Å². The van der Waals surface area contributed by atoms with Crippen molar-refractivity contribution in [3.8, 4) is 11.3 Å². The summed E-state index contributed by atoms with van der Waals surface area (Å²) >= 11 is 0. The molecule has 0 radical (unpaired) electrons. The Labute approximate surface area is 107 Å². The van der Waals surface area contributed by atoms with Crippen molar-refractivity contribution in [2.75, 3.05) is 31.2 Å². The van der Waals surface area contributed by atoms with Crippen molar-refractivity contribution >= 4 is 5.88 Å². The molecule has 0 spiro atoms. The highest BCUT2D eigenvalue weighted by atomic mass is 16.5. The second-order valence-corrected chi connectivity index (χ2v) is 4.60. The zero-order valence-corrected chi connectivity index (χ0v) is 10.6. The summed E-state index contributed by atoms with van der Waals surface area (Å²) in [6, 6.07) is 12.5. The highest BCUT2D eigenvalue weighted by molar-refractivity contribution is 5.60. The maximum Gasteiger partial charge on any atom is 0.196 e. The minimum Gasteiger partial charge on any atom is -0.441 e. The van der Waals surface area contributed by atoms with Gasteiger partial charge < -0.3 is 14.1 Å². The van der Waals surface area contributed by atoms with Crippen LogP contribution in [-0.4, -0.2) is 26.3 Å². The molecule has 3 heteroatoms. The number of hydrogen-bond acceptors (Lipinski definition) is 3. The van der Waals surface area contributed by atoms with Crippen LogP contribution in [-0.2, 0) is 4.74 Å². The van der Waals surface area contributed by atoms with Crippen LogP contribution >= 0.6 is 0 Å². The van der Waals surface area contributed by atoms with E-state index in [9.17, 15) is 0 Å². The standard InChI is InChI=1S/C15H17NO2/c1-12-2-4-13(5-3-12)14-6-7-15(18-14)16-8-10-17-11-9-16/h2-7H,8-11H2,1H3. The molecule has 3 rings (SSSR count). The summed E-state index contributed by atoms with van der Waals surface area (Å²) in [5.74, 6) is 1.87. The van der Waals surface area contributed by atoms with Crippen LogP contribution in [0.5, 0.6) is 0 Å². The first kappa shape index (κ1) is 11.4. The first-order valence-corrected chi connectivity index (χ1v) is 6.32. The van der Waals surface area contributed by atoms with Gasteiger partial charge in [-0.1, -0.05) is 29.8 Å². The van der Waals surface area contributed by atoms with Crippen LogP contribution < -0.4 is 4.90 Å². The van der Waals surface area contributed by atoms with E-state index >= 15 is 0 Å². The number of benzene rings is 1. The smallest absolute Gasteiger partial charge is 0.196 e. The van der Waals surface area contributed by atoms with Crippen molar-refractivity contribution in [2.45, 2.75) is 6.92 Å². The molecule has 0 bridgehead atoms. The van der Waals surface area contributed by atoms with Crippen molar-refractivity contribution in [1.82, 2.24) is 0 Å². The van der Waals surface area contributed by atoms with Crippen LogP contribution in [0.4, 0.5) is 5.88 Å². The molecule has 1 saturated heterocycles. The van der Waals surface area contributed by atoms with E-state index in [4.69, 9.17) is 9.15 Å². The van der Waals surface area contributed by atoms with Crippen LogP contribution in [0.1, 0.15) is 5.56 Å². The van der Waals surface area contributed by atoms with Crippen LogP contribution in [0.15, 0.2) is 40.8 Å². The lowest BCUT2D eigenvalue weighted by Crippen LogP contribution is -2.35. The van der Waals surface area contributed by atoms with Crippen LogP contribution in [0, 0.1) is 6.92 Å². The van der Waals surface area contributed by atoms with E-state index in [0.717, 1.165) is 43.5 Å². The minimum atomic E-state index is 0.778. The first-order valence-electron chi connectivity index (χ1n) is 6.32.